The standard InChI is InChI=1S/C18H17ClN4S/c1-2-9-23-17(12-7-8-12)21-22-18(23)24-11-14-10-13-5-3-4-6-15(13)20-16(14)19/h2-6,10,12H,1,7-9,11H2. The van der Waals surface area contributed by atoms with Crippen LogP contribution in [0.1, 0.15) is 30.1 Å². The smallest absolute Gasteiger partial charge is 0.191 e. The average Bonchev–Trinajstić information content (AvgIpc) is 3.36. The molecule has 1 aliphatic rings. The lowest BCUT2D eigenvalue weighted by Gasteiger charge is -2.08. The van der Waals surface area contributed by atoms with Gasteiger partial charge >= 0.3 is 0 Å². The van der Waals surface area contributed by atoms with Gasteiger partial charge in [-0.2, -0.15) is 0 Å². The largest absolute Gasteiger partial charge is 0.302 e. The molecular formula is C18H17ClN4S. The molecule has 4 rings (SSSR count). The van der Waals surface area contributed by atoms with Crippen LogP contribution >= 0.6 is 23.4 Å². The molecule has 6 heteroatoms. The van der Waals surface area contributed by atoms with Crippen LogP contribution in [0.25, 0.3) is 10.9 Å². The zero-order valence-electron chi connectivity index (χ0n) is 13.2. The van der Waals surface area contributed by atoms with Crippen molar-refractivity contribution in [1.82, 2.24) is 19.7 Å². The third-order valence-corrected chi connectivity index (χ3v) is 5.45. The van der Waals surface area contributed by atoms with Gasteiger partial charge in [0.2, 0.25) is 0 Å². The van der Waals surface area contributed by atoms with Gasteiger partial charge in [0.05, 0.1) is 5.52 Å². The summed E-state index contributed by atoms with van der Waals surface area (Å²) in [5, 5.41) is 11.3. The average molecular weight is 357 g/mol. The van der Waals surface area contributed by atoms with Gasteiger partial charge in [-0.1, -0.05) is 47.6 Å². The van der Waals surface area contributed by atoms with Gasteiger partial charge in [-0.05, 0) is 25.0 Å². The molecule has 1 aromatic carbocycles. The molecule has 0 amide bonds. The molecule has 1 saturated carbocycles. The quantitative estimate of drug-likeness (QED) is 0.360. The van der Waals surface area contributed by atoms with E-state index in [0.717, 1.165) is 39.7 Å². The number of allylic oxidation sites excluding steroid dienone is 1. The second-order valence-electron chi connectivity index (χ2n) is 5.93. The number of hydrogen-bond acceptors (Lipinski definition) is 4. The van der Waals surface area contributed by atoms with Crippen molar-refractivity contribution in [3.63, 3.8) is 0 Å². The predicted octanol–water partition coefficient (Wildman–Crippen LogP) is 4.84. The van der Waals surface area contributed by atoms with Crippen molar-refractivity contribution in [1.29, 1.82) is 0 Å². The van der Waals surface area contributed by atoms with Crippen LogP contribution in [0.3, 0.4) is 0 Å². The molecule has 0 atom stereocenters. The van der Waals surface area contributed by atoms with Crippen LogP contribution in [0.2, 0.25) is 5.15 Å². The molecule has 2 heterocycles. The molecule has 0 N–H and O–H groups in total. The highest BCUT2D eigenvalue weighted by atomic mass is 35.5. The summed E-state index contributed by atoms with van der Waals surface area (Å²) in [5.74, 6) is 2.37. The second-order valence-corrected chi connectivity index (χ2v) is 7.23. The van der Waals surface area contributed by atoms with Crippen molar-refractivity contribution in [2.45, 2.75) is 36.2 Å². The van der Waals surface area contributed by atoms with Gasteiger partial charge in [-0.15, -0.1) is 16.8 Å². The fraction of sp³-hybridized carbons (Fsp3) is 0.278. The maximum absolute atomic E-state index is 6.35. The summed E-state index contributed by atoms with van der Waals surface area (Å²) in [4.78, 5) is 4.48. The Labute approximate surface area is 150 Å². The number of aromatic nitrogens is 4. The first-order valence-corrected chi connectivity index (χ1v) is 9.33. The lowest BCUT2D eigenvalue weighted by molar-refractivity contribution is 0.681. The summed E-state index contributed by atoms with van der Waals surface area (Å²) in [6.07, 6.45) is 4.31. The fourth-order valence-electron chi connectivity index (χ4n) is 2.73. The number of benzene rings is 1. The van der Waals surface area contributed by atoms with Crippen LogP contribution in [0.15, 0.2) is 48.1 Å². The maximum Gasteiger partial charge on any atom is 0.191 e. The van der Waals surface area contributed by atoms with E-state index in [0.29, 0.717) is 11.1 Å². The number of pyridine rings is 1. The highest BCUT2D eigenvalue weighted by Gasteiger charge is 2.30. The van der Waals surface area contributed by atoms with Crippen molar-refractivity contribution in [2.75, 3.05) is 0 Å². The molecule has 0 spiro atoms. The number of fused-ring (bicyclic) bond motifs is 1. The third-order valence-electron chi connectivity index (χ3n) is 4.11. The normalized spacial score (nSPS) is 14.2. The topological polar surface area (TPSA) is 43.6 Å². The number of hydrogen-bond donors (Lipinski definition) is 0. The van der Waals surface area contributed by atoms with Crippen LogP contribution in [0.4, 0.5) is 0 Å². The van der Waals surface area contributed by atoms with Gasteiger partial charge in [0.25, 0.3) is 0 Å². The van der Waals surface area contributed by atoms with E-state index in [1.54, 1.807) is 11.8 Å². The minimum atomic E-state index is 0.554. The Balaban J connectivity index is 1.58. The van der Waals surface area contributed by atoms with E-state index in [2.05, 4.69) is 38.5 Å². The first kappa shape index (κ1) is 15.7. The van der Waals surface area contributed by atoms with Crippen molar-refractivity contribution in [3.8, 4) is 0 Å². The second kappa shape index (κ2) is 6.57. The summed E-state index contributed by atoms with van der Waals surface area (Å²) in [6, 6.07) is 10.1. The minimum Gasteiger partial charge on any atom is -0.302 e. The van der Waals surface area contributed by atoms with Crippen molar-refractivity contribution in [3.05, 3.63) is 59.5 Å². The van der Waals surface area contributed by atoms with Crippen molar-refractivity contribution < 1.29 is 0 Å². The molecule has 1 fully saturated rings. The Morgan fingerprint density at radius 1 is 1.29 bits per heavy atom. The van der Waals surface area contributed by atoms with Gasteiger partial charge in [0.15, 0.2) is 5.16 Å². The van der Waals surface area contributed by atoms with Gasteiger partial charge in [-0.3, -0.25) is 0 Å². The maximum atomic E-state index is 6.35. The Morgan fingerprint density at radius 2 is 2.12 bits per heavy atom. The number of nitrogens with zero attached hydrogens (tertiary/aromatic N) is 4. The molecule has 0 unspecified atom stereocenters. The van der Waals surface area contributed by atoms with E-state index in [-0.39, 0.29) is 0 Å². The molecule has 0 aliphatic heterocycles. The van der Waals surface area contributed by atoms with Crippen LogP contribution < -0.4 is 0 Å². The van der Waals surface area contributed by atoms with Crippen LogP contribution in [0.5, 0.6) is 0 Å². The lowest BCUT2D eigenvalue weighted by atomic mass is 10.2. The molecule has 2 aromatic heterocycles. The lowest BCUT2D eigenvalue weighted by Crippen LogP contribution is -2.02. The molecule has 1 aliphatic carbocycles. The molecule has 3 aromatic rings. The number of thioether (sulfide) groups is 1. The number of para-hydroxylation sites is 1. The van der Waals surface area contributed by atoms with Gasteiger partial charge < -0.3 is 4.57 Å². The Morgan fingerprint density at radius 3 is 2.92 bits per heavy atom. The first-order valence-electron chi connectivity index (χ1n) is 7.97. The highest BCUT2D eigenvalue weighted by molar-refractivity contribution is 7.98. The fourth-order valence-corrected chi connectivity index (χ4v) is 3.95. The van der Waals surface area contributed by atoms with E-state index in [1.807, 2.05) is 24.3 Å². The van der Waals surface area contributed by atoms with Crippen molar-refractivity contribution in [2.24, 2.45) is 0 Å². The monoisotopic (exact) mass is 356 g/mol. The minimum absolute atomic E-state index is 0.554. The van der Waals surface area contributed by atoms with E-state index >= 15 is 0 Å². The molecular weight excluding hydrogens is 340 g/mol. The highest BCUT2D eigenvalue weighted by Crippen LogP contribution is 2.40. The Hall–Kier alpha value is -1.85. The van der Waals surface area contributed by atoms with E-state index in [4.69, 9.17) is 11.6 Å². The van der Waals surface area contributed by atoms with Crippen LogP contribution in [0, 0.1) is 0 Å². The summed E-state index contributed by atoms with van der Waals surface area (Å²) in [7, 11) is 0. The molecule has 122 valence electrons. The van der Waals surface area contributed by atoms with E-state index in [1.165, 1.54) is 12.8 Å². The molecule has 4 nitrogen and oxygen atoms in total. The summed E-state index contributed by atoms with van der Waals surface area (Å²) in [6.45, 7) is 4.59. The van der Waals surface area contributed by atoms with Crippen LogP contribution in [-0.2, 0) is 12.3 Å². The van der Waals surface area contributed by atoms with Crippen molar-refractivity contribution >= 4 is 34.3 Å². The Kier molecular flexibility index (Phi) is 4.29. The zero-order valence-corrected chi connectivity index (χ0v) is 14.7. The van der Waals surface area contributed by atoms with Gasteiger partial charge in [0, 0.05) is 29.2 Å². The molecule has 0 bridgehead atoms. The predicted molar refractivity (Wildman–Crippen MR) is 98.5 cm³/mol. The summed E-state index contributed by atoms with van der Waals surface area (Å²) < 4.78 is 2.16. The number of rotatable bonds is 6. The van der Waals surface area contributed by atoms with E-state index in [9.17, 15) is 0 Å². The van der Waals surface area contributed by atoms with Crippen LogP contribution in [-0.4, -0.2) is 19.7 Å². The summed E-state index contributed by atoms with van der Waals surface area (Å²) in [5.41, 5.74) is 1.93. The zero-order chi connectivity index (χ0) is 16.5. The number of halogens is 1. The third kappa shape index (κ3) is 3.06. The van der Waals surface area contributed by atoms with E-state index < -0.39 is 0 Å². The first-order chi connectivity index (χ1) is 11.8. The molecule has 0 radical (unpaired) electrons. The SMILES string of the molecule is C=CCn1c(SCc2cc3ccccc3nc2Cl)nnc1C1CC1. The summed E-state index contributed by atoms with van der Waals surface area (Å²) >= 11 is 8.00. The molecule has 0 saturated heterocycles. The van der Waals surface area contributed by atoms with Gasteiger partial charge in [0.1, 0.15) is 11.0 Å². The molecule has 24 heavy (non-hydrogen) atoms. The van der Waals surface area contributed by atoms with Gasteiger partial charge in [-0.25, -0.2) is 4.98 Å². The Bertz CT molecular complexity index is 901.